The van der Waals surface area contributed by atoms with Crippen molar-refractivity contribution in [2.75, 3.05) is 19.8 Å². The Hall–Kier alpha value is -1.66. The first-order valence-corrected chi connectivity index (χ1v) is 5.94. The number of ether oxygens (including phenoxy) is 2. The molecule has 1 aromatic rings. The van der Waals surface area contributed by atoms with Gasteiger partial charge in [-0.25, -0.2) is 0 Å². The lowest BCUT2D eigenvalue weighted by atomic mass is 10.1. The molecular formula is C14H17NO2. The molecule has 0 fully saturated rings. The summed E-state index contributed by atoms with van der Waals surface area (Å²) in [5.74, 6) is 4.33. The van der Waals surface area contributed by atoms with Gasteiger partial charge in [0.1, 0.15) is 13.2 Å². The standard InChI is InChI=1S/C14H17NO2/c1-3-7-15-12(4-2)11-5-6-13-14(10-11)17-9-8-16-13/h2,5-6,10,12,15H,3,7-9H2,1H3. The zero-order valence-corrected chi connectivity index (χ0v) is 10.0. The molecule has 3 nitrogen and oxygen atoms in total. The minimum atomic E-state index is -0.0641. The maximum absolute atomic E-state index is 5.54. The summed E-state index contributed by atoms with van der Waals surface area (Å²) in [6.45, 7) is 4.23. The predicted octanol–water partition coefficient (Wildman–Crippen LogP) is 2.13. The van der Waals surface area contributed by atoms with E-state index < -0.39 is 0 Å². The van der Waals surface area contributed by atoms with Crippen molar-refractivity contribution < 1.29 is 9.47 Å². The van der Waals surface area contributed by atoms with Gasteiger partial charge in [-0.2, -0.15) is 0 Å². The van der Waals surface area contributed by atoms with Crippen molar-refractivity contribution in [1.29, 1.82) is 0 Å². The number of terminal acetylenes is 1. The lowest BCUT2D eigenvalue weighted by Gasteiger charge is -2.20. The van der Waals surface area contributed by atoms with Crippen molar-refractivity contribution in [2.45, 2.75) is 19.4 Å². The molecule has 1 atom stereocenters. The highest BCUT2D eigenvalue weighted by atomic mass is 16.6. The molecule has 0 saturated heterocycles. The molecule has 0 amide bonds. The van der Waals surface area contributed by atoms with Crippen LogP contribution in [-0.4, -0.2) is 19.8 Å². The van der Waals surface area contributed by atoms with Crippen LogP contribution in [-0.2, 0) is 0 Å². The largest absolute Gasteiger partial charge is 0.486 e. The smallest absolute Gasteiger partial charge is 0.161 e. The molecule has 0 bridgehead atoms. The number of hydrogen-bond donors (Lipinski definition) is 1. The van der Waals surface area contributed by atoms with Gasteiger partial charge in [-0.1, -0.05) is 18.9 Å². The number of benzene rings is 1. The summed E-state index contributed by atoms with van der Waals surface area (Å²) in [6, 6.07) is 5.80. The Morgan fingerprint density at radius 2 is 2.12 bits per heavy atom. The molecule has 1 N–H and O–H groups in total. The molecule has 90 valence electrons. The van der Waals surface area contributed by atoms with Gasteiger partial charge < -0.3 is 14.8 Å². The molecule has 1 unspecified atom stereocenters. The average Bonchev–Trinajstić information content (AvgIpc) is 2.39. The fraction of sp³-hybridized carbons (Fsp3) is 0.429. The minimum Gasteiger partial charge on any atom is -0.486 e. The van der Waals surface area contributed by atoms with Crippen LogP contribution in [0.25, 0.3) is 0 Å². The van der Waals surface area contributed by atoms with E-state index in [0.29, 0.717) is 13.2 Å². The fourth-order valence-electron chi connectivity index (χ4n) is 1.80. The maximum atomic E-state index is 5.54. The van der Waals surface area contributed by atoms with Crippen LogP contribution in [0.3, 0.4) is 0 Å². The molecule has 0 aromatic heterocycles. The summed E-state index contributed by atoms with van der Waals surface area (Å²) in [5, 5.41) is 3.31. The van der Waals surface area contributed by atoms with Gasteiger partial charge in [0.15, 0.2) is 11.5 Å². The van der Waals surface area contributed by atoms with Crippen molar-refractivity contribution in [3.8, 4) is 23.8 Å². The minimum absolute atomic E-state index is 0.0641. The molecule has 1 aliphatic rings. The Bertz CT molecular complexity index is 423. The number of nitrogens with one attached hydrogen (secondary N) is 1. The predicted molar refractivity (Wildman–Crippen MR) is 67.3 cm³/mol. The molecule has 0 saturated carbocycles. The normalized spacial score (nSPS) is 15.1. The van der Waals surface area contributed by atoms with Gasteiger partial charge in [0.05, 0.1) is 6.04 Å². The van der Waals surface area contributed by atoms with Gasteiger partial charge >= 0.3 is 0 Å². The molecule has 0 radical (unpaired) electrons. The zero-order valence-electron chi connectivity index (χ0n) is 10.0. The molecule has 3 heteroatoms. The van der Waals surface area contributed by atoms with Crippen LogP contribution < -0.4 is 14.8 Å². The summed E-state index contributed by atoms with van der Waals surface area (Å²) in [7, 11) is 0. The van der Waals surface area contributed by atoms with Gasteiger partial charge in [0.2, 0.25) is 0 Å². The molecule has 1 aliphatic heterocycles. The molecule has 1 heterocycles. The van der Waals surface area contributed by atoms with E-state index in [9.17, 15) is 0 Å². The van der Waals surface area contributed by atoms with Crippen LogP contribution >= 0.6 is 0 Å². The first-order valence-electron chi connectivity index (χ1n) is 5.94. The quantitative estimate of drug-likeness (QED) is 0.805. The van der Waals surface area contributed by atoms with Crippen molar-refractivity contribution in [3.05, 3.63) is 23.8 Å². The number of hydrogen-bond acceptors (Lipinski definition) is 3. The van der Waals surface area contributed by atoms with E-state index in [4.69, 9.17) is 15.9 Å². The Balaban J connectivity index is 2.17. The third-order valence-electron chi connectivity index (χ3n) is 2.66. The lowest BCUT2D eigenvalue weighted by Crippen LogP contribution is -2.21. The highest BCUT2D eigenvalue weighted by Gasteiger charge is 2.14. The highest BCUT2D eigenvalue weighted by molar-refractivity contribution is 5.45. The van der Waals surface area contributed by atoms with Crippen molar-refractivity contribution in [2.24, 2.45) is 0 Å². The van der Waals surface area contributed by atoms with Gasteiger partial charge in [-0.15, -0.1) is 6.42 Å². The Morgan fingerprint density at radius 1 is 1.35 bits per heavy atom. The van der Waals surface area contributed by atoms with Crippen molar-refractivity contribution >= 4 is 0 Å². The third-order valence-corrected chi connectivity index (χ3v) is 2.66. The summed E-state index contributed by atoms with van der Waals surface area (Å²) in [4.78, 5) is 0. The topological polar surface area (TPSA) is 30.5 Å². The molecule has 17 heavy (non-hydrogen) atoms. The van der Waals surface area contributed by atoms with E-state index in [-0.39, 0.29) is 6.04 Å². The summed E-state index contributed by atoms with van der Waals surface area (Å²) in [5.41, 5.74) is 1.05. The Morgan fingerprint density at radius 3 is 2.82 bits per heavy atom. The third kappa shape index (κ3) is 2.72. The van der Waals surface area contributed by atoms with Crippen molar-refractivity contribution in [3.63, 3.8) is 0 Å². The summed E-state index contributed by atoms with van der Waals surface area (Å²) in [6.07, 6.45) is 6.60. The van der Waals surface area contributed by atoms with E-state index in [0.717, 1.165) is 30.0 Å². The van der Waals surface area contributed by atoms with E-state index in [1.54, 1.807) is 0 Å². The number of rotatable bonds is 4. The molecule has 2 rings (SSSR count). The van der Waals surface area contributed by atoms with Crippen molar-refractivity contribution in [1.82, 2.24) is 5.32 Å². The Kier molecular flexibility index (Phi) is 3.89. The Labute approximate surface area is 102 Å². The lowest BCUT2D eigenvalue weighted by molar-refractivity contribution is 0.171. The van der Waals surface area contributed by atoms with Crippen LogP contribution in [0.2, 0.25) is 0 Å². The van der Waals surface area contributed by atoms with Gasteiger partial charge in [0.25, 0.3) is 0 Å². The monoisotopic (exact) mass is 231 g/mol. The van der Waals surface area contributed by atoms with Crippen LogP contribution in [0.5, 0.6) is 11.5 Å². The SMILES string of the molecule is C#CC(NCCC)c1ccc2c(c1)OCCO2. The second-order valence-electron chi connectivity index (χ2n) is 3.96. The highest BCUT2D eigenvalue weighted by Crippen LogP contribution is 2.32. The first kappa shape index (κ1) is 11.8. The fourth-order valence-corrected chi connectivity index (χ4v) is 1.80. The van der Waals surface area contributed by atoms with E-state index in [2.05, 4.69) is 18.2 Å². The molecule has 0 spiro atoms. The second kappa shape index (κ2) is 5.60. The maximum Gasteiger partial charge on any atom is 0.161 e. The van der Waals surface area contributed by atoms with Crippen LogP contribution in [0, 0.1) is 12.3 Å². The first-order chi connectivity index (χ1) is 8.35. The van der Waals surface area contributed by atoms with E-state index in [1.165, 1.54) is 0 Å². The summed E-state index contributed by atoms with van der Waals surface area (Å²) < 4.78 is 11.0. The zero-order chi connectivity index (χ0) is 12.1. The van der Waals surface area contributed by atoms with Crippen LogP contribution in [0.1, 0.15) is 24.9 Å². The average molecular weight is 231 g/mol. The van der Waals surface area contributed by atoms with E-state index in [1.807, 2.05) is 18.2 Å². The number of fused-ring (bicyclic) bond motifs is 1. The van der Waals surface area contributed by atoms with Gasteiger partial charge in [-0.05, 0) is 30.7 Å². The van der Waals surface area contributed by atoms with Gasteiger partial charge in [-0.3, -0.25) is 0 Å². The summed E-state index contributed by atoms with van der Waals surface area (Å²) >= 11 is 0. The second-order valence-corrected chi connectivity index (χ2v) is 3.96. The molecule has 0 aliphatic carbocycles. The van der Waals surface area contributed by atoms with E-state index >= 15 is 0 Å². The van der Waals surface area contributed by atoms with Gasteiger partial charge in [0, 0.05) is 0 Å². The molecular weight excluding hydrogens is 214 g/mol. The van der Waals surface area contributed by atoms with Crippen LogP contribution in [0.4, 0.5) is 0 Å². The molecule has 1 aromatic carbocycles. The van der Waals surface area contributed by atoms with Crippen LogP contribution in [0.15, 0.2) is 18.2 Å².